The zero-order valence-electron chi connectivity index (χ0n) is 30.8. The largest absolute Gasteiger partial charge is 0.465 e. The predicted octanol–water partition coefficient (Wildman–Crippen LogP) is 6.41. The summed E-state index contributed by atoms with van der Waals surface area (Å²) in [6, 6.07) is 23.5. The Morgan fingerprint density at radius 1 is 0.857 bits per heavy atom. The van der Waals surface area contributed by atoms with E-state index in [1.165, 1.54) is 23.8 Å². The normalized spacial score (nSPS) is 19.9. The molecule has 0 bridgehead atoms. The summed E-state index contributed by atoms with van der Waals surface area (Å²) in [7, 11) is 1.28. The first-order valence-corrected chi connectivity index (χ1v) is 19.8. The Bertz CT molecular complexity index is 2210. The number of thioether (sulfide) groups is 1. The highest BCUT2D eigenvalue weighted by Gasteiger charge is 2.42. The maximum Gasteiger partial charge on any atom is 0.408 e. The van der Waals surface area contributed by atoms with Gasteiger partial charge >= 0.3 is 12.2 Å². The molecule has 0 saturated carbocycles. The Morgan fingerprint density at radius 2 is 1.54 bits per heavy atom. The average molecular weight is 775 g/mol. The number of hydrogen-bond acceptors (Lipinski definition) is 8. The third kappa shape index (κ3) is 7.21. The fraction of sp³-hybridized carbons (Fsp3) is 0.317. The van der Waals surface area contributed by atoms with Crippen molar-refractivity contribution < 1.29 is 29.0 Å². The fourth-order valence-electron chi connectivity index (χ4n) is 8.01. The molecular formula is C41H42N8O6S. The molecule has 15 heteroatoms. The standard InChI is InChI=1S/C41H42N8O6S/c1-55-40(52)45-35(29-7-3-2-4-8-29)39(51)48-21-6-10-33(48)37-42-19-22-46(37)30-17-15-27(16-18-30)26-11-13-28(14-12-26)31-23-43-36(44-31)32-9-5-20-47(32)38(50)34-24-56-25-49(34)41(53)54/h2-4,7-8,11-19,22-23,32-35H,5-6,9-10,20-21,24-25H2,1H3,(H,43,44)(H,45,52)(H,53,54)/t32-,33-,34-,35+/m0/s1. The summed E-state index contributed by atoms with van der Waals surface area (Å²) in [5.74, 6) is 1.85. The highest BCUT2D eigenvalue weighted by molar-refractivity contribution is 7.99. The number of carboxylic acid groups (broad SMARTS) is 1. The van der Waals surface area contributed by atoms with E-state index in [9.17, 15) is 24.3 Å². The molecule has 5 heterocycles. The topological polar surface area (TPSA) is 166 Å². The van der Waals surface area contributed by atoms with Gasteiger partial charge in [-0.15, -0.1) is 11.8 Å². The first-order valence-electron chi connectivity index (χ1n) is 18.7. The van der Waals surface area contributed by atoms with Crippen molar-refractivity contribution in [2.75, 3.05) is 31.8 Å². The van der Waals surface area contributed by atoms with Crippen molar-refractivity contribution in [1.29, 1.82) is 0 Å². The summed E-state index contributed by atoms with van der Waals surface area (Å²) < 4.78 is 6.85. The molecule has 8 rings (SSSR count). The van der Waals surface area contributed by atoms with E-state index in [2.05, 4.69) is 39.6 Å². The SMILES string of the molecule is COC(=O)N[C@@H](C(=O)N1CCC[C@H]1c1nccn1-c1ccc(-c2ccc(-c3cnc([C@@H]4CCCN4C(=O)[C@@H]4CSCN4C(=O)O)[nH]3)cc2)cc1)c1ccccc1. The molecule has 0 spiro atoms. The van der Waals surface area contributed by atoms with Crippen LogP contribution in [0.25, 0.3) is 28.1 Å². The minimum absolute atomic E-state index is 0.157. The average Bonchev–Trinajstić information content (AvgIpc) is 4.09. The molecule has 4 atom stereocenters. The van der Waals surface area contributed by atoms with Gasteiger partial charge in [-0.1, -0.05) is 66.7 Å². The Kier molecular flexibility index (Phi) is 10.5. The lowest BCUT2D eigenvalue weighted by Crippen LogP contribution is -2.48. The molecule has 288 valence electrons. The highest BCUT2D eigenvalue weighted by Crippen LogP contribution is 2.37. The second kappa shape index (κ2) is 15.9. The maximum absolute atomic E-state index is 14.0. The molecule has 0 radical (unpaired) electrons. The van der Waals surface area contributed by atoms with Gasteiger partial charge in [-0.3, -0.25) is 14.5 Å². The van der Waals surface area contributed by atoms with Gasteiger partial charge in [0.1, 0.15) is 23.7 Å². The number of carbonyl (C=O) groups excluding carboxylic acids is 3. The van der Waals surface area contributed by atoms with Gasteiger partial charge in [0, 0.05) is 36.9 Å². The number of ether oxygens (including phenoxy) is 1. The molecule has 14 nitrogen and oxygen atoms in total. The second-order valence-electron chi connectivity index (χ2n) is 14.1. The van der Waals surface area contributed by atoms with Crippen LogP contribution in [0.15, 0.2) is 97.5 Å². The van der Waals surface area contributed by atoms with Gasteiger partial charge in [0.25, 0.3) is 5.91 Å². The van der Waals surface area contributed by atoms with Gasteiger partial charge < -0.3 is 34.5 Å². The van der Waals surface area contributed by atoms with E-state index in [-0.39, 0.29) is 23.9 Å². The van der Waals surface area contributed by atoms with Crippen LogP contribution in [0.1, 0.15) is 61.0 Å². The van der Waals surface area contributed by atoms with Crippen LogP contribution in [0, 0.1) is 0 Å². The number of hydrogen-bond donors (Lipinski definition) is 3. The van der Waals surface area contributed by atoms with Crippen LogP contribution >= 0.6 is 11.8 Å². The number of H-pyrrole nitrogens is 1. The van der Waals surface area contributed by atoms with Crippen molar-refractivity contribution in [2.24, 2.45) is 0 Å². The predicted molar refractivity (Wildman–Crippen MR) is 210 cm³/mol. The number of benzene rings is 3. The quantitative estimate of drug-likeness (QED) is 0.154. The molecule has 3 saturated heterocycles. The number of likely N-dealkylation sites (tertiary alicyclic amines) is 2. The Labute approximate surface area is 327 Å². The van der Waals surface area contributed by atoms with Crippen LogP contribution in [-0.4, -0.2) is 101 Å². The smallest absolute Gasteiger partial charge is 0.408 e. The maximum atomic E-state index is 14.0. The van der Waals surface area contributed by atoms with E-state index >= 15 is 0 Å². The fourth-order valence-corrected chi connectivity index (χ4v) is 9.14. The number of nitrogens with zero attached hydrogens (tertiary/aromatic N) is 6. The molecule has 3 fully saturated rings. The second-order valence-corrected chi connectivity index (χ2v) is 15.1. The number of nitrogens with one attached hydrogen (secondary N) is 2. The number of aromatic amines is 1. The van der Waals surface area contributed by atoms with Crippen LogP contribution < -0.4 is 5.32 Å². The summed E-state index contributed by atoms with van der Waals surface area (Å²) in [5.41, 5.74) is 5.46. The Hall–Kier alpha value is -6.09. The molecule has 0 aliphatic carbocycles. The van der Waals surface area contributed by atoms with Gasteiger partial charge in [0.2, 0.25) is 5.91 Å². The molecule has 4 amide bonds. The van der Waals surface area contributed by atoms with Crippen LogP contribution in [0.4, 0.5) is 9.59 Å². The van der Waals surface area contributed by atoms with E-state index in [1.54, 1.807) is 22.2 Å². The third-order valence-corrected chi connectivity index (χ3v) is 11.9. The van der Waals surface area contributed by atoms with Gasteiger partial charge in [-0.25, -0.2) is 19.6 Å². The molecule has 3 aliphatic rings. The molecule has 3 aliphatic heterocycles. The van der Waals surface area contributed by atoms with Crippen molar-refractivity contribution in [1.82, 2.24) is 39.5 Å². The number of imidazole rings is 2. The molecule has 56 heavy (non-hydrogen) atoms. The summed E-state index contributed by atoms with van der Waals surface area (Å²) >= 11 is 1.46. The van der Waals surface area contributed by atoms with E-state index in [0.29, 0.717) is 36.1 Å². The number of carbonyl (C=O) groups is 4. The zero-order valence-corrected chi connectivity index (χ0v) is 31.6. The van der Waals surface area contributed by atoms with Gasteiger partial charge in [-0.2, -0.15) is 0 Å². The lowest BCUT2D eigenvalue weighted by atomic mass is 10.0. The summed E-state index contributed by atoms with van der Waals surface area (Å²) in [4.78, 5) is 69.0. The minimum atomic E-state index is -1.07. The Balaban J connectivity index is 0.952. The highest BCUT2D eigenvalue weighted by atomic mass is 32.2. The van der Waals surface area contributed by atoms with Crippen LogP contribution in [0.2, 0.25) is 0 Å². The van der Waals surface area contributed by atoms with E-state index in [4.69, 9.17) is 9.72 Å². The summed E-state index contributed by atoms with van der Waals surface area (Å²) in [6.07, 6.45) is 6.84. The minimum Gasteiger partial charge on any atom is -0.465 e. The van der Waals surface area contributed by atoms with Crippen LogP contribution in [0.3, 0.4) is 0 Å². The lowest BCUT2D eigenvalue weighted by molar-refractivity contribution is -0.136. The molecule has 3 aromatic carbocycles. The first-order chi connectivity index (χ1) is 27.3. The number of aromatic nitrogens is 4. The van der Waals surface area contributed by atoms with Gasteiger partial charge in [0.15, 0.2) is 0 Å². The van der Waals surface area contributed by atoms with Crippen molar-refractivity contribution in [3.63, 3.8) is 0 Å². The van der Waals surface area contributed by atoms with Crippen molar-refractivity contribution in [3.8, 4) is 28.1 Å². The van der Waals surface area contributed by atoms with E-state index in [0.717, 1.165) is 59.6 Å². The third-order valence-electron chi connectivity index (χ3n) is 10.9. The monoisotopic (exact) mass is 774 g/mol. The number of rotatable bonds is 9. The number of amides is 4. The van der Waals surface area contributed by atoms with Crippen molar-refractivity contribution in [2.45, 2.75) is 49.9 Å². The molecule has 3 N–H and O–H groups in total. The zero-order chi connectivity index (χ0) is 38.8. The van der Waals surface area contributed by atoms with Gasteiger partial charge in [-0.05, 0) is 60.1 Å². The van der Waals surface area contributed by atoms with Crippen molar-refractivity contribution in [3.05, 3.63) is 115 Å². The summed E-state index contributed by atoms with van der Waals surface area (Å²) in [5, 5.41) is 12.3. The Morgan fingerprint density at radius 3 is 2.25 bits per heavy atom. The van der Waals surface area contributed by atoms with E-state index in [1.807, 2.05) is 65.4 Å². The summed E-state index contributed by atoms with van der Waals surface area (Å²) in [6.45, 7) is 1.12. The number of methoxy groups -OCH3 is 1. The van der Waals surface area contributed by atoms with Gasteiger partial charge in [0.05, 0.1) is 37.0 Å². The molecular weight excluding hydrogens is 733 g/mol. The molecule has 2 aromatic heterocycles. The number of alkyl carbamates (subject to hydrolysis) is 1. The van der Waals surface area contributed by atoms with Crippen molar-refractivity contribution >= 4 is 35.8 Å². The van der Waals surface area contributed by atoms with Crippen LogP contribution in [-0.2, 0) is 14.3 Å². The van der Waals surface area contributed by atoms with E-state index < -0.39 is 24.3 Å². The molecule has 0 unspecified atom stereocenters. The lowest BCUT2D eigenvalue weighted by Gasteiger charge is -2.29. The first kappa shape index (κ1) is 36.9. The molecule has 5 aromatic rings. The van der Waals surface area contributed by atoms with Crippen LogP contribution in [0.5, 0.6) is 0 Å².